The van der Waals surface area contributed by atoms with E-state index in [0.717, 1.165) is 37.8 Å². The second-order valence-electron chi connectivity index (χ2n) is 9.21. The van der Waals surface area contributed by atoms with Crippen LogP contribution in [0, 0.1) is 5.92 Å². The van der Waals surface area contributed by atoms with Crippen LogP contribution >= 0.6 is 0 Å². The number of carbonyl (C=O) groups is 1. The predicted molar refractivity (Wildman–Crippen MR) is 122 cm³/mol. The van der Waals surface area contributed by atoms with Crippen LogP contribution in [0.25, 0.3) is 0 Å². The van der Waals surface area contributed by atoms with Gasteiger partial charge in [-0.15, -0.1) is 0 Å². The van der Waals surface area contributed by atoms with Gasteiger partial charge < -0.3 is 20.4 Å². The monoisotopic (exact) mass is 404 g/mol. The first-order valence-electron chi connectivity index (χ1n) is 11.3. The first-order valence-corrected chi connectivity index (χ1v) is 11.3. The van der Waals surface area contributed by atoms with E-state index in [0.29, 0.717) is 17.5 Å². The number of hydrogen-bond donors (Lipinski definition) is 2. The molecular weight excluding hydrogens is 372 g/mol. The van der Waals surface area contributed by atoms with Crippen LogP contribution < -0.4 is 15.5 Å². The summed E-state index contributed by atoms with van der Waals surface area (Å²) in [5.41, 5.74) is 4.12. The fraction of sp³-hybridized carbons (Fsp3) is 0.480. The van der Waals surface area contributed by atoms with Crippen molar-refractivity contribution in [3.8, 4) is 0 Å². The van der Waals surface area contributed by atoms with Gasteiger partial charge >= 0.3 is 0 Å². The van der Waals surface area contributed by atoms with E-state index in [9.17, 15) is 4.79 Å². The van der Waals surface area contributed by atoms with Gasteiger partial charge in [0.15, 0.2) is 0 Å². The van der Waals surface area contributed by atoms with Gasteiger partial charge in [-0.05, 0) is 80.7 Å². The summed E-state index contributed by atoms with van der Waals surface area (Å²) in [6.07, 6.45) is 4.01. The van der Waals surface area contributed by atoms with Crippen molar-refractivity contribution in [2.75, 3.05) is 50.0 Å². The third kappa shape index (κ3) is 4.68. The zero-order valence-electron chi connectivity index (χ0n) is 17.8. The molecule has 5 rings (SSSR count). The molecule has 0 aromatic heterocycles. The van der Waals surface area contributed by atoms with Crippen LogP contribution in [0.4, 0.5) is 11.4 Å². The number of piperazine rings is 1. The zero-order valence-corrected chi connectivity index (χ0v) is 17.8. The summed E-state index contributed by atoms with van der Waals surface area (Å²) in [6, 6.07) is 17.0. The van der Waals surface area contributed by atoms with E-state index in [1.54, 1.807) is 0 Å². The van der Waals surface area contributed by atoms with Crippen molar-refractivity contribution in [2.24, 2.45) is 5.92 Å². The van der Waals surface area contributed by atoms with Gasteiger partial charge in [0.05, 0.1) is 0 Å². The number of amides is 1. The smallest absolute Gasteiger partial charge is 0.255 e. The molecule has 2 aliphatic carbocycles. The molecule has 2 saturated carbocycles. The summed E-state index contributed by atoms with van der Waals surface area (Å²) >= 11 is 0. The van der Waals surface area contributed by atoms with Crippen molar-refractivity contribution in [1.29, 1.82) is 0 Å². The molecular formula is C25H32N4O. The molecule has 1 saturated heterocycles. The molecule has 158 valence electrons. The number of anilines is 2. The minimum atomic E-state index is -0.0481. The van der Waals surface area contributed by atoms with Crippen molar-refractivity contribution in [3.05, 3.63) is 59.7 Å². The van der Waals surface area contributed by atoms with E-state index < -0.39 is 0 Å². The Morgan fingerprint density at radius 2 is 1.67 bits per heavy atom. The van der Waals surface area contributed by atoms with Gasteiger partial charge in [-0.2, -0.15) is 0 Å². The van der Waals surface area contributed by atoms with Crippen LogP contribution in [0.1, 0.15) is 41.1 Å². The topological polar surface area (TPSA) is 47.6 Å². The van der Waals surface area contributed by atoms with Crippen molar-refractivity contribution in [1.82, 2.24) is 10.2 Å². The molecule has 5 heteroatoms. The van der Waals surface area contributed by atoms with E-state index in [1.807, 2.05) is 24.3 Å². The number of carbonyl (C=O) groups excluding carboxylic acids is 1. The second-order valence-corrected chi connectivity index (χ2v) is 9.21. The van der Waals surface area contributed by atoms with Crippen LogP contribution in [-0.4, -0.2) is 56.6 Å². The molecule has 2 unspecified atom stereocenters. The Bertz CT molecular complexity index is 867. The number of nitrogens with zero attached hydrogens (tertiary/aromatic N) is 2. The van der Waals surface area contributed by atoms with Crippen molar-refractivity contribution >= 4 is 17.3 Å². The Morgan fingerprint density at radius 1 is 0.967 bits per heavy atom. The minimum Gasteiger partial charge on any atom is -0.369 e. The molecule has 3 aliphatic rings. The standard InChI is InChI=1S/C25H32N4O/c1-28-12-14-29(15-13-28)22-10-8-21(9-11-22)27-25(30)20-6-4-19(5-7-20)23-16-24(23)26-17-18-2-3-18/h4-11,18,23-24,26H,2-3,12-17H2,1H3,(H,27,30). The van der Waals surface area contributed by atoms with Gasteiger partial charge in [0.1, 0.15) is 0 Å². The lowest BCUT2D eigenvalue weighted by Crippen LogP contribution is -2.44. The van der Waals surface area contributed by atoms with Gasteiger partial charge in [0, 0.05) is 55.1 Å². The molecule has 1 amide bonds. The van der Waals surface area contributed by atoms with Gasteiger partial charge in [-0.3, -0.25) is 4.79 Å². The Morgan fingerprint density at radius 3 is 2.33 bits per heavy atom. The van der Waals surface area contributed by atoms with Crippen LogP contribution in [0.3, 0.4) is 0 Å². The average Bonchev–Trinajstić information content (AvgIpc) is 3.69. The third-order valence-corrected chi connectivity index (χ3v) is 6.75. The summed E-state index contributed by atoms with van der Waals surface area (Å²) in [6.45, 7) is 5.45. The summed E-state index contributed by atoms with van der Waals surface area (Å²) in [5.74, 6) is 1.49. The maximum Gasteiger partial charge on any atom is 0.255 e. The van der Waals surface area contributed by atoms with Crippen LogP contribution in [0.2, 0.25) is 0 Å². The third-order valence-electron chi connectivity index (χ3n) is 6.75. The summed E-state index contributed by atoms with van der Waals surface area (Å²) < 4.78 is 0. The summed E-state index contributed by atoms with van der Waals surface area (Å²) in [4.78, 5) is 17.4. The second kappa shape index (κ2) is 8.40. The van der Waals surface area contributed by atoms with Gasteiger partial charge in [0.2, 0.25) is 0 Å². The maximum absolute atomic E-state index is 12.6. The highest BCUT2D eigenvalue weighted by atomic mass is 16.1. The minimum absolute atomic E-state index is 0.0481. The van der Waals surface area contributed by atoms with E-state index in [-0.39, 0.29) is 5.91 Å². The molecule has 2 N–H and O–H groups in total. The Labute approximate surface area is 179 Å². The highest BCUT2D eigenvalue weighted by molar-refractivity contribution is 6.04. The number of benzene rings is 2. The molecule has 2 atom stereocenters. The Balaban J connectivity index is 1.13. The van der Waals surface area contributed by atoms with E-state index in [1.165, 1.54) is 37.1 Å². The maximum atomic E-state index is 12.6. The fourth-order valence-electron chi connectivity index (χ4n) is 4.33. The van der Waals surface area contributed by atoms with Gasteiger partial charge in [0.25, 0.3) is 5.91 Å². The molecule has 1 aliphatic heterocycles. The fourth-order valence-corrected chi connectivity index (χ4v) is 4.33. The molecule has 1 heterocycles. The molecule has 2 aromatic carbocycles. The molecule has 3 fully saturated rings. The molecule has 5 nitrogen and oxygen atoms in total. The molecule has 0 spiro atoms. The largest absolute Gasteiger partial charge is 0.369 e. The first kappa shape index (κ1) is 19.6. The first-order chi connectivity index (χ1) is 14.7. The predicted octanol–water partition coefficient (Wildman–Crippen LogP) is 3.55. The lowest BCUT2D eigenvalue weighted by molar-refractivity contribution is 0.102. The average molecular weight is 405 g/mol. The van der Waals surface area contributed by atoms with E-state index >= 15 is 0 Å². The van der Waals surface area contributed by atoms with Crippen LogP contribution in [-0.2, 0) is 0 Å². The Hall–Kier alpha value is -2.37. The van der Waals surface area contributed by atoms with Gasteiger partial charge in [-0.1, -0.05) is 12.1 Å². The number of hydrogen-bond acceptors (Lipinski definition) is 4. The molecule has 0 bridgehead atoms. The van der Waals surface area contributed by atoms with Crippen LogP contribution in [0.5, 0.6) is 0 Å². The molecule has 2 aromatic rings. The van der Waals surface area contributed by atoms with Crippen molar-refractivity contribution in [2.45, 2.75) is 31.2 Å². The quantitative estimate of drug-likeness (QED) is 0.741. The van der Waals surface area contributed by atoms with Crippen molar-refractivity contribution in [3.63, 3.8) is 0 Å². The van der Waals surface area contributed by atoms with E-state index in [4.69, 9.17) is 0 Å². The van der Waals surface area contributed by atoms with E-state index in [2.05, 4.69) is 51.7 Å². The Kier molecular flexibility index (Phi) is 5.48. The lowest BCUT2D eigenvalue weighted by atomic mass is 10.1. The normalized spacial score (nSPS) is 24.0. The summed E-state index contributed by atoms with van der Waals surface area (Å²) in [5, 5.41) is 6.71. The van der Waals surface area contributed by atoms with Crippen molar-refractivity contribution < 1.29 is 4.79 Å². The SMILES string of the molecule is CN1CCN(c2ccc(NC(=O)c3ccc(C4CC4NCC4CC4)cc3)cc2)CC1. The number of rotatable bonds is 7. The summed E-state index contributed by atoms with van der Waals surface area (Å²) in [7, 11) is 2.16. The van der Waals surface area contributed by atoms with Gasteiger partial charge in [-0.25, -0.2) is 0 Å². The highest BCUT2D eigenvalue weighted by Gasteiger charge is 2.38. The number of nitrogens with one attached hydrogen (secondary N) is 2. The number of likely N-dealkylation sites (N-methyl/N-ethyl adjacent to an activating group) is 1. The molecule has 0 radical (unpaired) electrons. The molecule has 30 heavy (non-hydrogen) atoms. The highest BCUT2D eigenvalue weighted by Crippen LogP contribution is 2.41. The lowest BCUT2D eigenvalue weighted by Gasteiger charge is -2.34. The van der Waals surface area contributed by atoms with Crippen LogP contribution in [0.15, 0.2) is 48.5 Å². The zero-order chi connectivity index (χ0) is 20.5.